The fourth-order valence-corrected chi connectivity index (χ4v) is 2.78. The zero-order chi connectivity index (χ0) is 14.5. The average molecular weight is 289 g/mol. The number of rotatable bonds is 6. The zero-order valence-electron chi connectivity index (χ0n) is 12.2. The van der Waals surface area contributed by atoms with E-state index in [-0.39, 0.29) is 0 Å². The van der Waals surface area contributed by atoms with Gasteiger partial charge in [-0.25, -0.2) is 9.50 Å². The van der Waals surface area contributed by atoms with E-state index < -0.39 is 0 Å². The van der Waals surface area contributed by atoms with E-state index in [1.165, 1.54) is 0 Å². The molecule has 21 heavy (non-hydrogen) atoms. The Hall–Kier alpha value is -1.66. The molecule has 0 atom stereocenters. The Bertz CT molecular complexity index is 562. The number of nitrogens with one attached hydrogen (secondary N) is 1. The van der Waals surface area contributed by atoms with Crippen molar-refractivity contribution in [2.45, 2.75) is 44.2 Å². The Morgan fingerprint density at radius 1 is 1.29 bits per heavy atom. The fourth-order valence-electron chi connectivity index (χ4n) is 2.78. The van der Waals surface area contributed by atoms with E-state index in [2.05, 4.69) is 15.4 Å². The number of nitrogens with two attached hydrogens (primary N) is 1. The minimum atomic E-state index is 0.383. The lowest BCUT2D eigenvalue weighted by atomic mass is 9.94. The van der Waals surface area contributed by atoms with E-state index in [1.807, 2.05) is 16.8 Å². The van der Waals surface area contributed by atoms with E-state index in [0.717, 1.165) is 56.6 Å². The second-order valence-corrected chi connectivity index (χ2v) is 5.62. The van der Waals surface area contributed by atoms with Crippen LogP contribution in [-0.4, -0.2) is 39.9 Å². The molecule has 1 saturated carbocycles. The standard InChI is InChI=1S/C15H23N5O/c16-12-2-4-13(5-3-12)21-11-1-7-17-15-14-6-8-19-20(14)10-9-18-15/h6,8-10,12-13H,1-5,7,11,16H2,(H,17,18). The van der Waals surface area contributed by atoms with E-state index in [1.54, 1.807) is 12.4 Å². The van der Waals surface area contributed by atoms with Crippen molar-refractivity contribution in [1.82, 2.24) is 14.6 Å². The second kappa shape index (κ2) is 6.87. The van der Waals surface area contributed by atoms with Crippen LogP contribution in [0.5, 0.6) is 0 Å². The molecule has 2 heterocycles. The molecule has 0 aliphatic heterocycles. The number of hydrogen-bond donors (Lipinski definition) is 2. The van der Waals surface area contributed by atoms with Gasteiger partial charge in [0.15, 0.2) is 5.82 Å². The van der Waals surface area contributed by atoms with Gasteiger partial charge in [-0.15, -0.1) is 0 Å². The third-order valence-electron chi connectivity index (χ3n) is 4.01. The summed E-state index contributed by atoms with van der Waals surface area (Å²) in [5.41, 5.74) is 6.89. The predicted molar refractivity (Wildman–Crippen MR) is 82.3 cm³/mol. The summed E-state index contributed by atoms with van der Waals surface area (Å²) < 4.78 is 7.72. The predicted octanol–water partition coefficient (Wildman–Crippen LogP) is 1.82. The van der Waals surface area contributed by atoms with Gasteiger partial charge >= 0.3 is 0 Å². The third-order valence-corrected chi connectivity index (χ3v) is 4.01. The Balaban J connectivity index is 1.38. The quantitative estimate of drug-likeness (QED) is 0.793. The Morgan fingerprint density at radius 2 is 2.14 bits per heavy atom. The molecule has 6 nitrogen and oxygen atoms in total. The normalized spacial score (nSPS) is 22.5. The Kier molecular flexibility index (Phi) is 4.67. The molecule has 1 aliphatic carbocycles. The van der Waals surface area contributed by atoms with Crippen LogP contribution in [0, 0.1) is 0 Å². The maximum Gasteiger partial charge on any atom is 0.152 e. The van der Waals surface area contributed by atoms with E-state index in [9.17, 15) is 0 Å². The smallest absolute Gasteiger partial charge is 0.152 e. The van der Waals surface area contributed by atoms with Crippen LogP contribution in [0.4, 0.5) is 5.82 Å². The summed E-state index contributed by atoms with van der Waals surface area (Å²) in [6.45, 7) is 1.64. The third kappa shape index (κ3) is 3.71. The number of nitrogens with zero attached hydrogens (tertiary/aromatic N) is 3. The molecule has 3 rings (SSSR count). The first-order chi connectivity index (χ1) is 10.3. The fraction of sp³-hybridized carbons (Fsp3) is 0.600. The summed E-state index contributed by atoms with van der Waals surface area (Å²) in [4.78, 5) is 4.35. The maximum absolute atomic E-state index is 5.91. The molecule has 0 aromatic carbocycles. The summed E-state index contributed by atoms with van der Waals surface area (Å²) in [6, 6.07) is 2.34. The minimum absolute atomic E-state index is 0.383. The lowest BCUT2D eigenvalue weighted by molar-refractivity contribution is 0.0251. The Morgan fingerprint density at radius 3 is 3.00 bits per heavy atom. The first-order valence-corrected chi connectivity index (χ1v) is 7.72. The van der Waals surface area contributed by atoms with E-state index in [0.29, 0.717) is 12.1 Å². The number of hydrogen-bond acceptors (Lipinski definition) is 5. The van der Waals surface area contributed by atoms with Crippen LogP contribution in [-0.2, 0) is 4.74 Å². The van der Waals surface area contributed by atoms with Gasteiger partial charge in [0.25, 0.3) is 0 Å². The van der Waals surface area contributed by atoms with Crippen molar-refractivity contribution in [3.05, 3.63) is 24.7 Å². The van der Waals surface area contributed by atoms with Gasteiger partial charge < -0.3 is 15.8 Å². The Labute approximate surface area is 124 Å². The molecular weight excluding hydrogens is 266 g/mol. The van der Waals surface area contributed by atoms with Gasteiger partial charge in [-0.3, -0.25) is 0 Å². The molecule has 1 aliphatic rings. The highest BCUT2D eigenvalue weighted by molar-refractivity contribution is 5.66. The summed E-state index contributed by atoms with van der Waals surface area (Å²) >= 11 is 0. The van der Waals surface area contributed by atoms with Crippen molar-refractivity contribution in [3.63, 3.8) is 0 Å². The van der Waals surface area contributed by atoms with Crippen molar-refractivity contribution in [2.24, 2.45) is 5.73 Å². The second-order valence-electron chi connectivity index (χ2n) is 5.62. The van der Waals surface area contributed by atoms with Crippen molar-refractivity contribution in [2.75, 3.05) is 18.5 Å². The molecule has 0 bridgehead atoms. The van der Waals surface area contributed by atoms with Crippen molar-refractivity contribution >= 4 is 11.3 Å². The minimum Gasteiger partial charge on any atom is -0.378 e. The molecule has 1 fully saturated rings. The first kappa shape index (κ1) is 14.3. The number of ether oxygens (including phenoxy) is 1. The summed E-state index contributed by atoms with van der Waals surface area (Å²) in [5, 5.41) is 7.54. The highest BCUT2D eigenvalue weighted by Gasteiger charge is 2.18. The average Bonchev–Trinajstić information content (AvgIpc) is 2.98. The SMILES string of the molecule is NC1CCC(OCCCNc2nccn3nccc23)CC1. The molecule has 2 aromatic heterocycles. The van der Waals surface area contributed by atoms with Crippen LogP contribution in [0.3, 0.4) is 0 Å². The summed E-state index contributed by atoms with van der Waals surface area (Å²) in [5.74, 6) is 0.874. The molecule has 3 N–H and O–H groups in total. The van der Waals surface area contributed by atoms with Crippen molar-refractivity contribution < 1.29 is 4.74 Å². The van der Waals surface area contributed by atoms with Crippen molar-refractivity contribution in [3.8, 4) is 0 Å². The largest absolute Gasteiger partial charge is 0.378 e. The monoisotopic (exact) mass is 289 g/mol. The molecule has 0 unspecified atom stereocenters. The van der Waals surface area contributed by atoms with Crippen LogP contribution >= 0.6 is 0 Å². The van der Waals surface area contributed by atoms with Crippen LogP contribution in [0.2, 0.25) is 0 Å². The molecule has 0 spiro atoms. The number of aromatic nitrogens is 3. The van der Waals surface area contributed by atoms with Crippen molar-refractivity contribution in [1.29, 1.82) is 0 Å². The van der Waals surface area contributed by atoms with Gasteiger partial charge in [-0.1, -0.05) is 0 Å². The summed E-state index contributed by atoms with van der Waals surface area (Å²) in [7, 11) is 0. The molecule has 2 aromatic rings. The molecule has 0 radical (unpaired) electrons. The molecular formula is C15H23N5O. The molecule has 6 heteroatoms. The maximum atomic E-state index is 5.91. The van der Waals surface area contributed by atoms with Gasteiger partial charge in [0.05, 0.1) is 12.3 Å². The number of fused-ring (bicyclic) bond motifs is 1. The lowest BCUT2D eigenvalue weighted by Crippen LogP contribution is -2.30. The topological polar surface area (TPSA) is 77.5 Å². The van der Waals surface area contributed by atoms with Gasteiger partial charge in [0.1, 0.15) is 5.52 Å². The molecule has 0 amide bonds. The first-order valence-electron chi connectivity index (χ1n) is 7.72. The van der Waals surface area contributed by atoms with Crippen LogP contribution in [0.25, 0.3) is 5.52 Å². The van der Waals surface area contributed by atoms with Crippen LogP contribution < -0.4 is 11.1 Å². The van der Waals surface area contributed by atoms with Gasteiger partial charge in [0, 0.05) is 31.6 Å². The van der Waals surface area contributed by atoms with Gasteiger partial charge in [-0.2, -0.15) is 5.10 Å². The van der Waals surface area contributed by atoms with E-state index >= 15 is 0 Å². The number of anilines is 1. The molecule has 114 valence electrons. The van der Waals surface area contributed by atoms with Crippen LogP contribution in [0.1, 0.15) is 32.1 Å². The van der Waals surface area contributed by atoms with Gasteiger partial charge in [-0.05, 0) is 38.2 Å². The lowest BCUT2D eigenvalue weighted by Gasteiger charge is -2.26. The molecule has 0 saturated heterocycles. The van der Waals surface area contributed by atoms with Crippen LogP contribution in [0.15, 0.2) is 24.7 Å². The van der Waals surface area contributed by atoms with E-state index in [4.69, 9.17) is 10.5 Å². The highest BCUT2D eigenvalue weighted by Crippen LogP contribution is 2.20. The zero-order valence-corrected chi connectivity index (χ0v) is 12.2. The van der Waals surface area contributed by atoms with Gasteiger partial charge in [0.2, 0.25) is 0 Å². The summed E-state index contributed by atoms with van der Waals surface area (Å²) in [6.07, 6.45) is 11.1. The highest BCUT2D eigenvalue weighted by atomic mass is 16.5.